The number of thiophene rings is 1. The molecule has 0 aliphatic rings. The number of nitrogens with two attached hydrogens (primary N) is 1. The van der Waals surface area contributed by atoms with Crippen LogP contribution in [0, 0.1) is 22.7 Å². The molecule has 1 aromatic heterocycles. The molecular formula is C18H11N3OS. The van der Waals surface area contributed by atoms with Crippen molar-refractivity contribution in [3.8, 4) is 39.5 Å². The fourth-order valence-electron chi connectivity index (χ4n) is 2.44. The largest absolute Gasteiger partial charge is 0.508 e. The second-order valence-corrected chi connectivity index (χ2v) is 5.83. The normalized spacial score (nSPS) is 10.0. The summed E-state index contributed by atoms with van der Waals surface area (Å²) in [6.07, 6.45) is 0. The summed E-state index contributed by atoms with van der Waals surface area (Å²) in [5.41, 5.74) is 8.97. The first-order chi connectivity index (χ1) is 11.2. The molecule has 23 heavy (non-hydrogen) atoms. The lowest BCUT2D eigenvalue weighted by atomic mass is 9.92. The lowest BCUT2D eigenvalue weighted by Gasteiger charge is -2.12. The van der Waals surface area contributed by atoms with Crippen molar-refractivity contribution < 1.29 is 5.11 Å². The quantitative estimate of drug-likeness (QED) is 0.695. The van der Waals surface area contributed by atoms with E-state index in [0.29, 0.717) is 16.7 Å². The third-order valence-corrected chi connectivity index (χ3v) is 4.46. The highest BCUT2D eigenvalue weighted by atomic mass is 32.1. The van der Waals surface area contributed by atoms with Gasteiger partial charge in [-0.1, -0.05) is 18.2 Å². The molecule has 0 atom stereocenters. The van der Waals surface area contributed by atoms with Crippen LogP contribution in [0.2, 0.25) is 0 Å². The Labute approximate surface area is 137 Å². The number of aromatic hydroxyl groups is 1. The van der Waals surface area contributed by atoms with Crippen molar-refractivity contribution in [3.05, 3.63) is 59.0 Å². The summed E-state index contributed by atoms with van der Waals surface area (Å²) in [7, 11) is 0. The maximum Gasteiger partial charge on any atom is 0.115 e. The minimum atomic E-state index is 0.146. The number of hydrogen-bond donors (Lipinski definition) is 2. The van der Waals surface area contributed by atoms with E-state index in [1.165, 1.54) is 11.3 Å². The predicted molar refractivity (Wildman–Crippen MR) is 90.7 cm³/mol. The summed E-state index contributed by atoms with van der Waals surface area (Å²) < 4.78 is 0. The van der Waals surface area contributed by atoms with E-state index in [1.807, 2.05) is 23.6 Å². The number of nitriles is 2. The number of anilines is 1. The summed E-state index contributed by atoms with van der Waals surface area (Å²) in [5, 5.41) is 30.3. The maximum atomic E-state index is 9.47. The highest BCUT2D eigenvalue weighted by Gasteiger charge is 2.18. The van der Waals surface area contributed by atoms with Gasteiger partial charge < -0.3 is 10.8 Å². The van der Waals surface area contributed by atoms with Crippen molar-refractivity contribution in [1.82, 2.24) is 0 Å². The van der Waals surface area contributed by atoms with E-state index in [-0.39, 0.29) is 17.0 Å². The first kappa shape index (κ1) is 14.6. The average molecular weight is 317 g/mol. The Bertz CT molecular complexity index is 946. The standard InChI is InChI=1S/C18H11N3OS/c19-9-15-13(11-3-5-12(22)6-4-11)8-14(16(10-20)18(15)21)17-2-1-7-23-17/h1-8,22H,21H2. The molecule has 0 saturated carbocycles. The molecule has 0 aliphatic carbocycles. The van der Waals surface area contributed by atoms with Gasteiger partial charge >= 0.3 is 0 Å². The van der Waals surface area contributed by atoms with E-state index in [1.54, 1.807) is 24.3 Å². The van der Waals surface area contributed by atoms with Crippen LogP contribution < -0.4 is 5.73 Å². The first-order valence-corrected chi connectivity index (χ1v) is 7.63. The number of nitrogens with zero attached hydrogens (tertiary/aromatic N) is 2. The van der Waals surface area contributed by atoms with Crippen molar-refractivity contribution >= 4 is 17.0 Å². The molecule has 5 heteroatoms. The zero-order valence-corrected chi connectivity index (χ0v) is 12.8. The summed E-state index contributed by atoms with van der Waals surface area (Å²) in [5.74, 6) is 0.146. The molecule has 4 nitrogen and oxygen atoms in total. The molecule has 0 bridgehead atoms. The highest BCUT2D eigenvalue weighted by Crippen LogP contribution is 2.38. The second-order valence-electron chi connectivity index (χ2n) is 4.88. The van der Waals surface area contributed by atoms with Gasteiger partial charge in [0.15, 0.2) is 0 Å². The molecule has 0 aliphatic heterocycles. The number of phenols is 1. The van der Waals surface area contributed by atoms with Crippen LogP contribution in [0.4, 0.5) is 5.69 Å². The van der Waals surface area contributed by atoms with Gasteiger partial charge in [-0.05, 0) is 35.2 Å². The fourth-order valence-corrected chi connectivity index (χ4v) is 3.19. The lowest BCUT2D eigenvalue weighted by molar-refractivity contribution is 0.475. The molecule has 3 N–H and O–H groups in total. The third-order valence-electron chi connectivity index (χ3n) is 3.55. The van der Waals surface area contributed by atoms with Crippen LogP contribution in [0.15, 0.2) is 47.8 Å². The summed E-state index contributed by atoms with van der Waals surface area (Å²) in [6.45, 7) is 0. The minimum absolute atomic E-state index is 0.146. The van der Waals surface area contributed by atoms with Crippen LogP contribution in [0.3, 0.4) is 0 Å². The van der Waals surface area contributed by atoms with Crippen LogP contribution in [0.5, 0.6) is 5.75 Å². The minimum Gasteiger partial charge on any atom is -0.508 e. The molecule has 0 radical (unpaired) electrons. The third kappa shape index (κ3) is 2.50. The van der Waals surface area contributed by atoms with Gasteiger partial charge in [-0.25, -0.2) is 0 Å². The van der Waals surface area contributed by atoms with Crippen LogP contribution in [0.25, 0.3) is 21.6 Å². The zero-order valence-electron chi connectivity index (χ0n) is 11.9. The Morgan fingerprint density at radius 2 is 1.61 bits per heavy atom. The second kappa shape index (κ2) is 5.84. The van der Waals surface area contributed by atoms with E-state index in [0.717, 1.165) is 10.4 Å². The van der Waals surface area contributed by atoms with E-state index in [9.17, 15) is 15.6 Å². The van der Waals surface area contributed by atoms with E-state index in [2.05, 4.69) is 12.1 Å². The Hall–Kier alpha value is -3.28. The average Bonchev–Trinajstić information content (AvgIpc) is 3.09. The number of phenolic OH excluding ortho intramolecular Hbond substituents is 1. The first-order valence-electron chi connectivity index (χ1n) is 6.75. The molecule has 0 amide bonds. The molecule has 0 unspecified atom stereocenters. The monoisotopic (exact) mass is 317 g/mol. The smallest absolute Gasteiger partial charge is 0.115 e. The molecule has 2 aromatic carbocycles. The summed E-state index contributed by atoms with van der Waals surface area (Å²) in [6, 6.07) is 16.4. The predicted octanol–water partition coefficient (Wildman–Crippen LogP) is 4.11. The van der Waals surface area contributed by atoms with Crippen molar-refractivity contribution in [2.75, 3.05) is 5.73 Å². The van der Waals surface area contributed by atoms with Crippen molar-refractivity contribution in [2.45, 2.75) is 0 Å². The van der Waals surface area contributed by atoms with Crippen LogP contribution in [-0.4, -0.2) is 5.11 Å². The molecule has 3 rings (SSSR count). The fraction of sp³-hybridized carbons (Fsp3) is 0. The van der Waals surface area contributed by atoms with Gasteiger partial charge in [0.05, 0.1) is 16.8 Å². The lowest BCUT2D eigenvalue weighted by Crippen LogP contribution is -2.00. The number of nitrogen functional groups attached to an aromatic ring is 1. The van der Waals surface area contributed by atoms with Gasteiger partial charge in [0.25, 0.3) is 0 Å². The number of rotatable bonds is 2. The molecule has 1 heterocycles. The van der Waals surface area contributed by atoms with Gasteiger partial charge in [0.2, 0.25) is 0 Å². The molecule has 0 saturated heterocycles. The highest BCUT2D eigenvalue weighted by molar-refractivity contribution is 7.13. The van der Waals surface area contributed by atoms with E-state index >= 15 is 0 Å². The molecule has 0 fully saturated rings. The number of hydrogen-bond acceptors (Lipinski definition) is 5. The van der Waals surface area contributed by atoms with Gasteiger partial charge in [-0.2, -0.15) is 10.5 Å². The van der Waals surface area contributed by atoms with Crippen LogP contribution >= 0.6 is 11.3 Å². The molecule has 3 aromatic rings. The SMILES string of the molecule is N#Cc1c(-c2ccc(O)cc2)cc(-c2cccs2)c(C#N)c1N. The van der Waals surface area contributed by atoms with Crippen molar-refractivity contribution in [3.63, 3.8) is 0 Å². The van der Waals surface area contributed by atoms with Gasteiger partial charge in [0, 0.05) is 16.0 Å². The van der Waals surface area contributed by atoms with Crippen LogP contribution in [-0.2, 0) is 0 Å². The molecule has 0 spiro atoms. The van der Waals surface area contributed by atoms with E-state index in [4.69, 9.17) is 5.73 Å². The topological polar surface area (TPSA) is 93.8 Å². The van der Waals surface area contributed by atoms with Crippen LogP contribution in [0.1, 0.15) is 11.1 Å². The summed E-state index contributed by atoms with van der Waals surface area (Å²) >= 11 is 1.50. The number of benzene rings is 2. The maximum absolute atomic E-state index is 9.47. The molecule has 110 valence electrons. The van der Waals surface area contributed by atoms with Crippen molar-refractivity contribution in [2.24, 2.45) is 0 Å². The zero-order chi connectivity index (χ0) is 16.4. The Kier molecular flexibility index (Phi) is 3.72. The summed E-state index contributed by atoms with van der Waals surface area (Å²) in [4.78, 5) is 0.915. The Balaban J connectivity index is 2.34. The van der Waals surface area contributed by atoms with Gasteiger partial charge in [-0.3, -0.25) is 0 Å². The molecular weight excluding hydrogens is 306 g/mol. The Morgan fingerprint density at radius 3 is 2.17 bits per heavy atom. The van der Waals surface area contributed by atoms with Gasteiger partial charge in [0.1, 0.15) is 17.9 Å². The van der Waals surface area contributed by atoms with E-state index < -0.39 is 0 Å². The Morgan fingerprint density at radius 1 is 0.957 bits per heavy atom. The van der Waals surface area contributed by atoms with Crippen molar-refractivity contribution in [1.29, 1.82) is 10.5 Å². The van der Waals surface area contributed by atoms with Gasteiger partial charge in [-0.15, -0.1) is 11.3 Å².